The second-order valence-corrected chi connectivity index (χ2v) is 7.00. The molecule has 5 heteroatoms. The zero-order chi connectivity index (χ0) is 16.8. The van der Waals surface area contributed by atoms with Crippen LogP contribution in [0.4, 0.5) is 10.5 Å². The van der Waals surface area contributed by atoms with Crippen molar-refractivity contribution >= 4 is 11.7 Å². The van der Waals surface area contributed by atoms with E-state index in [2.05, 4.69) is 51.6 Å². The van der Waals surface area contributed by atoms with E-state index in [4.69, 9.17) is 0 Å². The first-order valence-corrected chi connectivity index (χ1v) is 9.31. The number of anilines is 1. The van der Waals surface area contributed by atoms with Gasteiger partial charge in [0.05, 0.1) is 0 Å². The number of urea groups is 1. The van der Waals surface area contributed by atoms with Gasteiger partial charge in [-0.25, -0.2) is 4.79 Å². The van der Waals surface area contributed by atoms with Crippen molar-refractivity contribution in [2.75, 3.05) is 44.2 Å². The number of rotatable bonds is 5. The van der Waals surface area contributed by atoms with Crippen LogP contribution in [0.15, 0.2) is 30.3 Å². The van der Waals surface area contributed by atoms with Crippen LogP contribution in [0, 0.1) is 5.92 Å². The summed E-state index contributed by atoms with van der Waals surface area (Å²) in [5.41, 5.74) is 1.28. The molecule has 0 unspecified atom stereocenters. The molecule has 0 aliphatic carbocycles. The molecule has 1 aromatic carbocycles. The molecular weight excluding hydrogens is 300 g/mol. The number of hydrogen-bond donors (Lipinski definition) is 2. The highest BCUT2D eigenvalue weighted by molar-refractivity contribution is 5.74. The van der Waals surface area contributed by atoms with Crippen LogP contribution < -0.4 is 15.5 Å². The molecule has 0 spiro atoms. The number of amides is 2. The van der Waals surface area contributed by atoms with Crippen LogP contribution >= 0.6 is 0 Å². The van der Waals surface area contributed by atoms with Crippen molar-refractivity contribution in [1.82, 2.24) is 15.5 Å². The summed E-state index contributed by atoms with van der Waals surface area (Å²) >= 11 is 0. The molecule has 2 saturated heterocycles. The number of carbonyl (C=O) groups excluding carboxylic acids is 1. The van der Waals surface area contributed by atoms with Gasteiger partial charge in [-0.15, -0.1) is 0 Å². The van der Waals surface area contributed by atoms with Crippen LogP contribution in [0.25, 0.3) is 0 Å². The molecule has 0 aromatic heterocycles. The van der Waals surface area contributed by atoms with Crippen molar-refractivity contribution in [3.8, 4) is 0 Å². The Morgan fingerprint density at radius 3 is 2.58 bits per heavy atom. The van der Waals surface area contributed by atoms with Crippen LogP contribution in [-0.4, -0.2) is 56.2 Å². The Morgan fingerprint density at radius 1 is 1.12 bits per heavy atom. The van der Waals surface area contributed by atoms with E-state index in [1.165, 1.54) is 5.69 Å². The summed E-state index contributed by atoms with van der Waals surface area (Å²) < 4.78 is 0. The number of hydrogen-bond acceptors (Lipinski definition) is 3. The predicted octanol–water partition coefficient (Wildman–Crippen LogP) is 2.30. The summed E-state index contributed by atoms with van der Waals surface area (Å²) in [6.07, 6.45) is 3.27. The van der Waals surface area contributed by atoms with E-state index in [1.807, 2.05) is 6.07 Å². The van der Waals surface area contributed by atoms with E-state index in [9.17, 15) is 4.79 Å². The molecule has 1 atom stereocenters. The first-order valence-electron chi connectivity index (χ1n) is 9.31. The van der Waals surface area contributed by atoms with Gasteiger partial charge in [0, 0.05) is 44.5 Å². The van der Waals surface area contributed by atoms with Gasteiger partial charge in [0.1, 0.15) is 0 Å². The smallest absolute Gasteiger partial charge is 0.315 e. The zero-order valence-electron chi connectivity index (χ0n) is 14.7. The quantitative estimate of drug-likeness (QED) is 0.871. The average Bonchev–Trinajstić information content (AvgIpc) is 3.10. The number of nitrogens with one attached hydrogen (secondary N) is 2. The number of carbonyl (C=O) groups is 1. The molecule has 0 radical (unpaired) electrons. The molecule has 2 amide bonds. The third kappa shape index (κ3) is 4.63. The normalized spacial score (nSPS) is 22.5. The summed E-state index contributed by atoms with van der Waals surface area (Å²) in [5.74, 6) is 0.540. The highest BCUT2D eigenvalue weighted by atomic mass is 16.2. The summed E-state index contributed by atoms with van der Waals surface area (Å²) in [5, 5.41) is 6.22. The molecule has 3 rings (SSSR count). The lowest BCUT2D eigenvalue weighted by Crippen LogP contribution is -2.48. The van der Waals surface area contributed by atoms with Crippen LogP contribution in [0.3, 0.4) is 0 Å². The summed E-state index contributed by atoms with van der Waals surface area (Å²) in [4.78, 5) is 17.0. The predicted molar refractivity (Wildman–Crippen MR) is 98.4 cm³/mol. The summed E-state index contributed by atoms with van der Waals surface area (Å²) in [6.45, 7) is 8.36. The van der Waals surface area contributed by atoms with Gasteiger partial charge in [-0.05, 0) is 43.9 Å². The Kier molecular flexibility index (Phi) is 5.96. The highest BCUT2D eigenvalue weighted by Gasteiger charge is 2.24. The minimum Gasteiger partial charge on any atom is -0.371 e. The molecule has 2 fully saturated rings. The Morgan fingerprint density at radius 2 is 1.88 bits per heavy atom. The fraction of sp³-hybridized carbons (Fsp3) is 0.632. The van der Waals surface area contributed by atoms with Crippen LogP contribution in [-0.2, 0) is 0 Å². The number of piperidine rings is 1. The molecule has 2 aliphatic heterocycles. The number of likely N-dealkylation sites (tertiary alicyclic amines) is 1. The van der Waals surface area contributed by atoms with Crippen molar-refractivity contribution in [3.05, 3.63) is 30.3 Å². The van der Waals surface area contributed by atoms with Gasteiger partial charge in [0.2, 0.25) is 0 Å². The minimum absolute atomic E-state index is 0.00288. The van der Waals surface area contributed by atoms with Crippen LogP contribution in [0.2, 0.25) is 0 Å². The largest absolute Gasteiger partial charge is 0.371 e. The zero-order valence-corrected chi connectivity index (χ0v) is 14.7. The first-order chi connectivity index (χ1) is 11.7. The molecular formula is C19H30N4O. The maximum absolute atomic E-state index is 12.1. The lowest BCUT2D eigenvalue weighted by molar-refractivity contribution is 0.198. The molecule has 1 aromatic rings. The van der Waals surface area contributed by atoms with E-state index >= 15 is 0 Å². The lowest BCUT2D eigenvalue weighted by Gasteiger charge is -2.31. The third-order valence-corrected chi connectivity index (χ3v) is 5.33. The maximum atomic E-state index is 12.1. The van der Waals surface area contributed by atoms with Gasteiger partial charge in [-0.2, -0.15) is 0 Å². The Balaban J connectivity index is 1.35. The van der Waals surface area contributed by atoms with Gasteiger partial charge < -0.3 is 20.4 Å². The van der Waals surface area contributed by atoms with Gasteiger partial charge >= 0.3 is 6.03 Å². The van der Waals surface area contributed by atoms with Crippen molar-refractivity contribution in [2.45, 2.75) is 32.2 Å². The standard InChI is InChI=1S/C19H30N4O/c1-2-22-11-9-17(10-12-22)21-19(24)20-14-16-8-13-23(15-16)18-6-4-3-5-7-18/h3-7,16-17H,2,8-15H2,1H3,(H2,20,21,24)/t16-/m1/s1. The van der Waals surface area contributed by atoms with Crippen molar-refractivity contribution in [2.24, 2.45) is 5.92 Å². The molecule has 132 valence electrons. The average molecular weight is 330 g/mol. The maximum Gasteiger partial charge on any atom is 0.315 e. The molecule has 24 heavy (non-hydrogen) atoms. The van der Waals surface area contributed by atoms with Crippen molar-refractivity contribution in [3.63, 3.8) is 0 Å². The van der Waals surface area contributed by atoms with E-state index < -0.39 is 0 Å². The number of nitrogens with zero attached hydrogens (tertiary/aromatic N) is 2. The van der Waals surface area contributed by atoms with Crippen molar-refractivity contribution < 1.29 is 4.79 Å². The summed E-state index contributed by atoms with van der Waals surface area (Å²) in [7, 11) is 0. The molecule has 0 saturated carbocycles. The Hall–Kier alpha value is -1.75. The van der Waals surface area contributed by atoms with E-state index in [0.29, 0.717) is 12.0 Å². The minimum atomic E-state index is 0.00288. The molecule has 2 aliphatic rings. The van der Waals surface area contributed by atoms with Crippen LogP contribution in [0.5, 0.6) is 0 Å². The fourth-order valence-corrected chi connectivity index (χ4v) is 3.74. The Bertz CT molecular complexity index is 513. The van der Waals surface area contributed by atoms with Gasteiger partial charge in [0.15, 0.2) is 0 Å². The molecule has 2 N–H and O–H groups in total. The second-order valence-electron chi connectivity index (χ2n) is 7.00. The van der Waals surface area contributed by atoms with Gasteiger partial charge in [-0.3, -0.25) is 0 Å². The first kappa shape index (κ1) is 17.1. The monoisotopic (exact) mass is 330 g/mol. The SMILES string of the molecule is CCN1CCC(NC(=O)NC[C@H]2CCN(c3ccccc3)C2)CC1. The van der Waals surface area contributed by atoms with Gasteiger partial charge in [0.25, 0.3) is 0 Å². The van der Waals surface area contributed by atoms with Gasteiger partial charge in [-0.1, -0.05) is 25.1 Å². The third-order valence-electron chi connectivity index (χ3n) is 5.33. The molecule has 2 heterocycles. The highest BCUT2D eigenvalue weighted by Crippen LogP contribution is 2.22. The van der Waals surface area contributed by atoms with E-state index in [1.54, 1.807) is 0 Å². The second kappa shape index (κ2) is 8.38. The van der Waals surface area contributed by atoms with E-state index in [-0.39, 0.29) is 6.03 Å². The topological polar surface area (TPSA) is 47.6 Å². The fourth-order valence-electron chi connectivity index (χ4n) is 3.74. The molecule has 5 nitrogen and oxygen atoms in total. The number of para-hydroxylation sites is 1. The lowest BCUT2D eigenvalue weighted by atomic mass is 10.1. The molecule has 0 bridgehead atoms. The van der Waals surface area contributed by atoms with Crippen molar-refractivity contribution in [1.29, 1.82) is 0 Å². The van der Waals surface area contributed by atoms with E-state index in [0.717, 1.165) is 58.5 Å². The summed E-state index contributed by atoms with van der Waals surface area (Å²) in [6, 6.07) is 10.9. The van der Waals surface area contributed by atoms with Crippen LogP contribution in [0.1, 0.15) is 26.2 Å². The Labute approximate surface area is 145 Å². The number of benzene rings is 1.